The monoisotopic (exact) mass is 679 g/mol. The van der Waals surface area contributed by atoms with E-state index < -0.39 is 34.1 Å². The standard InChI is InChI=1S/C36H39Cl2N3O4S/c1-25-14-17-30(18-15-25)46(44,45)41(29-16-19-31(37)32(38)22-29)24-34(42)40(23-28-13-9-10-26(2)20-28)33(35(43)39-36(3,4)5)21-27-11-7-6-8-12-27/h6-20,22,33H,21,23-24H2,1-5H3,(H,39,43). The number of anilines is 1. The number of benzene rings is 4. The van der Waals surface area contributed by atoms with E-state index in [1.807, 2.05) is 89.2 Å². The number of carbonyl (C=O) groups is 2. The molecule has 7 nitrogen and oxygen atoms in total. The molecule has 0 spiro atoms. The number of aryl methyl sites for hydroxylation is 2. The molecule has 4 rings (SSSR count). The molecule has 2 amide bonds. The zero-order valence-corrected chi connectivity index (χ0v) is 29.0. The second kappa shape index (κ2) is 14.7. The van der Waals surface area contributed by atoms with Crippen molar-refractivity contribution in [1.29, 1.82) is 0 Å². The van der Waals surface area contributed by atoms with Gasteiger partial charge in [-0.2, -0.15) is 0 Å². The van der Waals surface area contributed by atoms with Crippen molar-refractivity contribution >= 4 is 50.7 Å². The molecular weight excluding hydrogens is 641 g/mol. The number of rotatable bonds is 11. The molecule has 1 N–H and O–H groups in total. The van der Waals surface area contributed by atoms with E-state index in [0.717, 1.165) is 26.6 Å². The van der Waals surface area contributed by atoms with Crippen LogP contribution in [0.25, 0.3) is 0 Å². The fourth-order valence-electron chi connectivity index (χ4n) is 5.02. The summed E-state index contributed by atoms with van der Waals surface area (Å²) in [6.45, 7) is 8.91. The first-order valence-electron chi connectivity index (χ1n) is 14.9. The molecule has 4 aromatic rings. The first kappa shape index (κ1) is 35.0. The van der Waals surface area contributed by atoms with Gasteiger partial charge in [-0.1, -0.05) is 101 Å². The number of amides is 2. The predicted molar refractivity (Wildman–Crippen MR) is 186 cm³/mol. The number of nitrogens with one attached hydrogen (secondary N) is 1. The van der Waals surface area contributed by atoms with Crippen molar-refractivity contribution in [2.75, 3.05) is 10.8 Å². The second-order valence-corrected chi connectivity index (χ2v) is 15.1. The van der Waals surface area contributed by atoms with E-state index in [4.69, 9.17) is 23.2 Å². The summed E-state index contributed by atoms with van der Waals surface area (Å²) in [6, 6.07) is 26.9. The van der Waals surface area contributed by atoms with E-state index in [9.17, 15) is 18.0 Å². The van der Waals surface area contributed by atoms with Gasteiger partial charge in [-0.25, -0.2) is 8.42 Å². The van der Waals surface area contributed by atoms with Crippen LogP contribution in [0, 0.1) is 13.8 Å². The lowest BCUT2D eigenvalue weighted by atomic mass is 10.0. The minimum absolute atomic E-state index is 0.00789. The topological polar surface area (TPSA) is 86.8 Å². The summed E-state index contributed by atoms with van der Waals surface area (Å²) in [5.74, 6) is -0.909. The van der Waals surface area contributed by atoms with E-state index in [0.29, 0.717) is 0 Å². The van der Waals surface area contributed by atoms with Crippen molar-refractivity contribution in [2.45, 2.75) is 64.1 Å². The zero-order valence-electron chi connectivity index (χ0n) is 26.6. The van der Waals surface area contributed by atoms with Gasteiger partial charge in [0.1, 0.15) is 12.6 Å². The summed E-state index contributed by atoms with van der Waals surface area (Å²) in [4.78, 5) is 30.0. The summed E-state index contributed by atoms with van der Waals surface area (Å²) < 4.78 is 29.4. The van der Waals surface area contributed by atoms with Crippen LogP contribution in [0.4, 0.5) is 5.69 Å². The average Bonchev–Trinajstić information content (AvgIpc) is 2.99. The van der Waals surface area contributed by atoms with Crippen molar-refractivity contribution in [1.82, 2.24) is 10.2 Å². The van der Waals surface area contributed by atoms with Gasteiger partial charge in [-0.05, 0) is 76.1 Å². The highest BCUT2D eigenvalue weighted by molar-refractivity contribution is 7.92. The maximum Gasteiger partial charge on any atom is 0.264 e. The zero-order chi connectivity index (χ0) is 33.6. The van der Waals surface area contributed by atoms with Crippen LogP contribution in [0.1, 0.15) is 43.0 Å². The molecule has 0 heterocycles. The maximum atomic E-state index is 14.6. The Morgan fingerprint density at radius 1 is 0.783 bits per heavy atom. The third kappa shape index (κ3) is 9.12. The van der Waals surface area contributed by atoms with Crippen molar-refractivity contribution in [3.05, 3.63) is 129 Å². The smallest absolute Gasteiger partial charge is 0.264 e. The van der Waals surface area contributed by atoms with Crippen LogP contribution >= 0.6 is 23.2 Å². The third-order valence-corrected chi connectivity index (χ3v) is 9.81. The molecule has 242 valence electrons. The summed E-state index contributed by atoms with van der Waals surface area (Å²) in [6.07, 6.45) is 0.220. The van der Waals surface area contributed by atoms with Gasteiger partial charge in [0, 0.05) is 18.5 Å². The van der Waals surface area contributed by atoms with E-state index in [-0.39, 0.29) is 39.5 Å². The van der Waals surface area contributed by atoms with Crippen LogP contribution in [-0.2, 0) is 32.6 Å². The fourth-order valence-corrected chi connectivity index (χ4v) is 6.72. The van der Waals surface area contributed by atoms with Gasteiger partial charge in [-0.3, -0.25) is 13.9 Å². The SMILES string of the molecule is Cc1ccc(S(=O)(=O)N(CC(=O)N(Cc2cccc(C)c2)C(Cc2ccccc2)C(=O)NC(C)(C)C)c2ccc(Cl)c(Cl)c2)cc1. The second-order valence-electron chi connectivity index (χ2n) is 12.4. The van der Waals surface area contributed by atoms with E-state index >= 15 is 0 Å². The Balaban J connectivity index is 1.84. The first-order valence-corrected chi connectivity index (χ1v) is 17.1. The number of sulfonamides is 1. The number of nitrogens with zero attached hydrogens (tertiary/aromatic N) is 2. The Kier molecular flexibility index (Phi) is 11.2. The van der Waals surface area contributed by atoms with Crippen LogP contribution in [-0.4, -0.2) is 43.3 Å². The lowest BCUT2D eigenvalue weighted by molar-refractivity contribution is -0.140. The largest absolute Gasteiger partial charge is 0.350 e. The molecule has 0 aliphatic heterocycles. The molecule has 0 aliphatic rings. The molecule has 0 aliphatic carbocycles. The lowest BCUT2D eigenvalue weighted by Gasteiger charge is -2.35. The van der Waals surface area contributed by atoms with Crippen LogP contribution in [0.15, 0.2) is 102 Å². The molecule has 0 radical (unpaired) electrons. The minimum Gasteiger partial charge on any atom is -0.350 e. The van der Waals surface area contributed by atoms with Crippen LogP contribution in [0.5, 0.6) is 0 Å². The highest BCUT2D eigenvalue weighted by atomic mass is 35.5. The molecule has 10 heteroatoms. The number of hydrogen-bond donors (Lipinski definition) is 1. The number of hydrogen-bond acceptors (Lipinski definition) is 4. The molecular formula is C36H39Cl2N3O4S. The molecule has 1 unspecified atom stereocenters. The molecule has 46 heavy (non-hydrogen) atoms. The highest BCUT2D eigenvalue weighted by Gasteiger charge is 2.35. The molecule has 1 atom stereocenters. The van der Waals surface area contributed by atoms with Crippen molar-refractivity contribution in [2.24, 2.45) is 0 Å². The summed E-state index contributed by atoms with van der Waals surface area (Å²) >= 11 is 12.5. The summed E-state index contributed by atoms with van der Waals surface area (Å²) in [5.41, 5.74) is 3.12. The number of halogens is 2. The van der Waals surface area contributed by atoms with Crippen molar-refractivity contribution in [3.63, 3.8) is 0 Å². The van der Waals surface area contributed by atoms with Gasteiger partial charge < -0.3 is 10.2 Å². The molecule has 0 aromatic heterocycles. The molecule has 0 saturated heterocycles. The predicted octanol–water partition coefficient (Wildman–Crippen LogP) is 7.36. The summed E-state index contributed by atoms with van der Waals surface area (Å²) in [7, 11) is -4.26. The Morgan fingerprint density at radius 2 is 1.43 bits per heavy atom. The third-order valence-electron chi connectivity index (χ3n) is 7.28. The normalized spacial score (nSPS) is 12.3. The molecule has 0 saturated carbocycles. The van der Waals surface area contributed by atoms with Gasteiger partial charge in [0.25, 0.3) is 10.0 Å². The highest BCUT2D eigenvalue weighted by Crippen LogP contribution is 2.31. The minimum atomic E-state index is -4.26. The maximum absolute atomic E-state index is 14.6. The van der Waals surface area contributed by atoms with Crippen molar-refractivity contribution < 1.29 is 18.0 Å². The average molecular weight is 681 g/mol. The van der Waals surface area contributed by atoms with Crippen molar-refractivity contribution in [3.8, 4) is 0 Å². The van der Waals surface area contributed by atoms with Gasteiger partial charge in [-0.15, -0.1) is 0 Å². The van der Waals surface area contributed by atoms with Gasteiger partial charge >= 0.3 is 0 Å². The van der Waals surface area contributed by atoms with E-state index in [1.54, 1.807) is 12.1 Å². The lowest BCUT2D eigenvalue weighted by Crippen LogP contribution is -2.56. The molecule has 0 bridgehead atoms. The molecule has 4 aromatic carbocycles. The fraction of sp³-hybridized carbons (Fsp3) is 0.278. The first-order chi connectivity index (χ1) is 21.6. The Morgan fingerprint density at radius 3 is 2.04 bits per heavy atom. The van der Waals surface area contributed by atoms with Gasteiger partial charge in [0.15, 0.2) is 0 Å². The van der Waals surface area contributed by atoms with Crippen LogP contribution in [0.3, 0.4) is 0 Å². The van der Waals surface area contributed by atoms with Gasteiger partial charge in [0.2, 0.25) is 11.8 Å². The van der Waals surface area contributed by atoms with Crippen LogP contribution in [0.2, 0.25) is 10.0 Å². The summed E-state index contributed by atoms with van der Waals surface area (Å²) in [5, 5.41) is 3.42. The Hall–Kier alpha value is -3.85. The van der Waals surface area contributed by atoms with E-state index in [2.05, 4.69) is 5.32 Å². The van der Waals surface area contributed by atoms with Crippen LogP contribution < -0.4 is 9.62 Å². The Bertz CT molecular complexity index is 1790. The Labute approximate surface area is 282 Å². The number of carbonyl (C=O) groups excluding carboxylic acids is 2. The van der Waals surface area contributed by atoms with E-state index in [1.165, 1.54) is 35.2 Å². The molecule has 0 fully saturated rings. The quantitative estimate of drug-likeness (QED) is 0.179. The van der Waals surface area contributed by atoms with Gasteiger partial charge in [0.05, 0.1) is 20.6 Å².